The molecule has 2 unspecified atom stereocenters. The van der Waals surface area contributed by atoms with Crippen LogP contribution in [0.15, 0.2) is 24.3 Å². The average molecular weight is 219 g/mol. The zero-order valence-electron chi connectivity index (χ0n) is 11.1. The number of hydrogen-bond donors (Lipinski definition) is 1. The Morgan fingerprint density at radius 3 is 2.56 bits per heavy atom. The Labute approximate surface area is 100 Å². The van der Waals surface area contributed by atoms with Crippen LogP contribution in [-0.2, 0) is 0 Å². The van der Waals surface area contributed by atoms with Crippen molar-refractivity contribution in [3.05, 3.63) is 35.4 Å². The van der Waals surface area contributed by atoms with Crippen molar-refractivity contribution in [2.75, 3.05) is 13.1 Å². The lowest BCUT2D eigenvalue weighted by Crippen LogP contribution is -2.25. The molecule has 0 spiro atoms. The predicted molar refractivity (Wildman–Crippen MR) is 71.9 cm³/mol. The predicted octanol–water partition coefficient (Wildman–Crippen LogP) is 3.73. The molecule has 2 atom stereocenters. The van der Waals surface area contributed by atoms with Gasteiger partial charge < -0.3 is 5.32 Å². The summed E-state index contributed by atoms with van der Waals surface area (Å²) in [5, 5.41) is 3.55. The van der Waals surface area contributed by atoms with E-state index in [4.69, 9.17) is 0 Å². The zero-order chi connectivity index (χ0) is 12.0. The largest absolute Gasteiger partial charge is 0.316 e. The molecule has 0 aliphatic heterocycles. The summed E-state index contributed by atoms with van der Waals surface area (Å²) in [6, 6.07) is 8.82. The van der Waals surface area contributed by atoms with Crippen LogP contribution in [0.5, 0.6) is 0 Å². The standard InChI is InChI=1S/C15H25N/c1-5-12(2)10-16-11-14(4)15-8-6-7-13(3)9-15/h6-9,12,14,16H,5,10-11H2,1-4H3. The SMILES string of the molecule is CCC(C)CNCC(C)c1cccc(C)c1. The number of aryl methyl sites for hydroxylation is 1. The van der Waals surface area contributed by atoms with E-state index in [2.05, 4.69) is 57.3 Å². The van der Waals surface area contributed by atoms with Crippen LogP contribution in [-0.4, -0.2) is 13.1 Å². The summed E-state index contributed by atoms with van der Waals surface area (Å²) < 4.78 is 0. The fourth-order valence-corrected chi connectivity index (χ4v) is 1.79. The van der Waals surface area contributed by atoms with Gasteiger partial charge in [-0.1, -0.05) is 57.0 Å². The number of hydrogen-bond acceptors (Lipinski definition) is 1. The first kappa shape index (κ1) is 13.2. The maximum Gasteiger partial charge on any atom is 0.00176 e. The van der Waals surface area contributed by atoms with Crippen LogP contribution in [0.4, 0.5) is 0 Å². The highest BCUT2D eigenvalue weighted by Crippen LogP contribution is 2.15. The van der Waals surface area contributed by atoms with Gasteiger partial charge in [0.25, 0.3) is 0 Å². The molecule has 0 saturated carbocycles. The van der Waals surface area contributed by atoms with Gasteiger partial charge in [-0.3, -0.25) is 0 Å². The maximum atomic E-state index is 3.55. The van der Waals surface area contributed by atoms with Crippen LogP contribution in [0.3, 0.4) is 0 Å². The molecule has 16 heavy (non-hydrogen) atoms. The van der Waals surface area contributed by atoms with Crippen LogP contribution in [0.2, 0.25) is 0 Å². The van der Waals surface area contributed by atoms with Crippen LogP contribution >= 0.6 is 0 Å². The summed E-state index contributed by atoms with van der Waals surface area (Å²) >= 11 is 0. The quantitative estimate of drug-likeness (QED) is 0.768. The second-order valence-electron chi connectivity index (χ2n) is 4.99. The second kappa shape index (κ2) is 6.70. The van der Waals surface area contributed by atoms with Crippen molar-refractivity contribution in [1.29, 1.82) is 0 Å². The van der Waals surface area contributed by atoms with Crippen molar-refractivity contribution in [2.24, 2.45) is 5.92 Å². The molecular weight excluding hydrogens is 194 g/mol. The summed E-state index contributed by atoms with van der Waals surface area (Å²) in [4.78, 5) is 0. The first-order valence-corrected chi connectivity index (χ1v) is 6.40. The van der Waals surface area contributed by atoms with Gasteiger partial charge in [-0.05, 0) is 30.9 Å². The van der Waals surface area contributed by atoms with Crippen molar-refractivity contribution < 1.29 is 0 Å². The molecule has 1 nitrogen and oxygen atoms in total. The van der Waals surface area contributed by atoms with Gasteiger partial charge in [0.05, 0.1) is 0 Å². The van der Waals surface area contributed by atoms with E-state index in [1.165, 1.54) is 17.5 Å². The van der Waals surface area contributed by atoms with Crippen molar-refractivity contribution in [3.63, 3.8) is 0 Å². The molecule has 1 heteroatoms. The Kier molecular flexibility index (Phi) is 5.54. The van der Waals surface area contributed by atoms with Crippen molar-refractivity contribution in [1.82, 2.24) is 5.32 Å². The molecule has 1 rings (SSSR count). The Morgan fingerprint density at radius 2 is 1.94 bits per heavy atom. The zero-order valence-corrected chi connectivity index (χ0v) is 11.1. The van der Waals surface area contributed by atoms with Crippen LogP contribution in [0.25, 0.3) is 0 Å². The number of rotatable bonds is 6. The Bertz CT molecular complexity index is 306. The monoisotopic (exact) mass is 219 g/mol. The molecule has 1 N–H and O–H groups in total. The highest BCUT2D eigenvalue weighted by Gasteiger charge is 2.05. The van der Waals surface area contributed by atoms with Crippen molar-refractivity contribution in [2.45, 2.75) is 40.0 Å². The molecule has 90 valence electrons. The lowest BCUT2D eigenvalue weighted by molar-refractivity contribution is 0.487. The fraction of sp³-hybridized carbons (Fsp3) is 0.600. The first-order chi connectivity index (χ1) is 7.63. The Hall–Kier alpha value is -0.820. The average Bonchev–Trinajstić information content (AvgIpc) is 2.28. The molecule has 0 saturated heterocycles. The molecule has 0 aliphatic rings. The van der Waals surface area contributed by atoms with Gasteiger partial charge in [0, 0.05) is 6.54 Å². The minimum Gasteiger partial charge on any atom is -0.316 e. The van der Waals surface area contributed by atoms with E-state index < -0.39 is 0 Å². The van der Waals surface area contributed by atoms with Gasteiger partial charge in [0.15, 0.2) is 0 Å². The summed E-state index contributed by atoms with van der Waals surface area (Å²) in [7, 11) is 0. The molecule has 0 bridgehead atoms. The van der Waals surface area contributed by atoms with Gasteiger partial charge in [-0.2, -0.15) is 0 Å². The minimum atomic E-state index is 0.601. The van der Waals surface area contributed by atoms with Gasteiger partial charge in [-0.25, -0.2) is 0 Å². The molecule has 0 radical (unpaired) electrons. The van der Waals surface area contributed by atoms with E-state index in [1.54, 1.807) is 0 Å². The number of nitrogens with one attached hydrogen (secondary N) is 1. The molecule has 0 fully saturated rings. The van der Waals surface area contributed by atoms with Gasteiger partial charge >= 0.3 is 0 Å². The summed E-state index contributed by atoms with van der Waals surface area (Å²) in [5.74, 6) is 1.38. The van der Waals surface area contributed by atoms with E-state index in [0.29, 0.717) is 5.92 Å². The van der Waals surface area contributed by atoms with Gasteiger partial charge in [-0.15, -0.1) is 0 Å². The smallest absolute Gasteiger partial charge is 0.00176 e. The molecule has 1 aromatic carbocycles. The third-order valence-corrected chi connectivity index (χ3v) is 3.25. The third-order valence-electron chi connectivity index (χ3n) is 3.25. The molecular formula is C15H25N. The summed E-state index contributed by atoms with van der Waals surface area (Å²) in [6.07, 6.45) is 1.26. The normalized spacial score (nSPS) is 14.8. The van der Waals surface area contributed by atoms with Gasteiger partial charge in [0.1, 0.15) is 0 Å². The Morgan fingerprint density at radius 1 is 1.19 bits per heavy atom. The van der Waals surface area contributed by atoms with Gasteiger partial charge in [0.2, 0.25) is 0 Å². The van der Waals surface area contributed by atoms with Crippen LogP contribution < -0.4 is 5.32 Å². The first-order valence-electron chi connectivity index (χ1n) is 6.40. The minimum absolute atomic E-state index is 0.601. The van der Waals surface area contributed by atoms with E-state index in [1.807, 2.05) is 0 Å². The highest BCUT2D eigenvalue weighted by atomic mass is 14.9. The van der Waals surface area contributed by atoms with E-state index >= 15 is 0 Å². The third kappa shape index (κ3) is 4.36. The van der Waals surface area contributed by atoms with E-state index in [-0.39, 0.29) is 0 Å². The molecule has 0 amide bonds. The summed E-state index contributed by atoms with van der Waals surface area (Å²) in [5.41, 5.74) is 2.79. The lowest BCUT2D eigenvalue weighted by atomic mass is 9.99. The molecule has 0 aromatic heterocycles. The maximum absolute atomic E-state index is 3.55. The van der Waals surface area contributed by atoms with Crippen LogP contribution in [0, 0.1) is 12.8 Å². The van der Waals surface area contributed by atoms with Crippen molar-refractivity contribution >= 4 is 0 Å². The fourth-order valence-electron chi connectivity index (χ4n) is 1.79. The van der Waals surface area contributed by atoms with E-state index in [9.17, 15) is 0 Å². The summed E-state index contributed by atoms with van der Waals surface area (Å²) in [6.45, 7) is 11.2. The highest BCUT2D eigenvalue weighted by molar-refractivity contribution is 5.25. The molecule has 0 aliphatic carbocycles. The lowest BCUT2D eigenvalue weighted by Gasteiger charge is -2.15. The molecule has 1 aromatic rings. The van der Waals surface area contributed by atoms with Crippen molar-refractivity contribution in [3.8, 4) is 0 Å². The van der Waals surface area contributed by atoms with Crippen LogP contribution in [0.1, 0.15) is 44.2 Å². The van der Waals surface area contributed by atoms with E-state index in [0.717, 1.165) is 19.0 Å². The topological polar surface area (TPSA) is 12.0 Å². The Balaban J connectivity index is 2.38. The molecule has 0 heterocycles. The number of benzene rings is 1. The second-order valence-corrected chi connectivity index (χ2v) is 4.99.